The van der Waals surface area contributed by atoms with Gasteiger partial charge in [-0.2, -0.15) is 0 Å². The average molecular weight is 429 g/mol. The predicted octanol–water partition coefficient (Wildman–Crippen LogP) is 6.62. The van der Waals surface area contributed by atoms with Crippen LogP contribution >= 0.6 is 12.6 Å². The van der Waals surface area contributed by atoms with Gasteiger partial charge < -0.3 is 11.1 Å². The van der Waals surface area contributed by atoms with Gasteiger partial charge in [0, 0.05) is 11.4 Å². The van der Waals surface area contributed by atoms with Crippen molar-refractivity contribution in [3.8, 4) is 0 Å². The summed E-state index contributed by atoms with van der Waals surface area (Å²) < 4.78 is 0. The summed E-state index contributed by atoms with van der Waals surface area (Å²) in [4.78, 5) is 12.9. The van der Waals surface area contributed by atoms with E-state index in [0.717, 1.165) is 38.6 Å². The smallest absolute Gasteiger partial charge is 0.252 e. The molecule has 30 heavy (non-hydrogen) atoms. The molecule has 0 bridgehead atoms. The number of amides is 1. The number of allylic oxidation sites excluding steroid dienone is 5. The van der Waals surface area contributed by atoms with Gasteiger partial charge in [-0.25, -0.2) is 0 Å². The lowest BCUT2D eigenvalue weighted by Crippen LogP contribution is -2.23. The Kier molecular flexibility index (Phi) is 14.0. The quantitative estimate of drug-likeness (QED) is 0.177. The summed E-state index contributed by atoms with van der Waals surface area (Å²) in [6.45, 7) is 7.94. The van der Waals surface area contributed by atoms with Gasteiger partial charge in [-0.1, -0.05) is 53.5 Å². The molecule has 0 saturated carbocycles. The topological polar surface area (TPSA) is 55.1 Å². The Morgan fingerprint density at radius 2 is 1.50 bits per heavy atom. The van der Waals surface area contributed by atoms with Crippen LogP contribution in [0, 0.1) is 0 Å². The van der Waals surface area contributed by atoms with Gasteiger partial charge in [-0.3, -0.25) is 4.79 Å². The number of nitrogens with one attached hydrogen (secondary N) is 1. The van der Waals surface area contributed by atoms with Crippen molar-refractivity contribution in [3.05, 3.63) is 64.8 Å². The fourth-order valence-corrected chi connectivity index (χ4v) is 3.46. The van der Waals surface area contributed by atoms with Gasteiger partial charge in [-0.05, 0) is 84.4 Å². The summed E-state index contributed by atoms with van der Waals surface area (Å²) in [6.07, 6.45) is 16.0. The SMILES string of the molecule is CC(=CCCC(C)=CCNC(=O)c1ccccc1S)CCC=C(C)CCCCCN. The Balaban J connectivity index is 2.25. The van der Waals surface area contributed by atoms with Gasteiger partial charge in [0.2, 0.25) is 0 Å². The lowest BCUT2D eigenvalue weighted by molar-refractivity contribution is 0.0955. The average Bonchev–Trinajstić information content (AvgIpc) is 2.71. The molecule has 0 aliphatic rings. The first-order chi connectivity index (χ1) is 14.4. The normalized spacial score (nSPS) is 12.9. The first-order valence-electron chi connectivity index (χ1n) is 11.2. The number of hydrogen-bond donors (Lipinski definition) is 3. The van der Waals surface area contributed by atoms with Gasteiger partial charge in [0.05, 0.1) is 5.56 Å². The van der Waals surface area contributed by atoms with Gasteiger partial charge in [-0.15, -0.1) is 12.6 Å². The van der Waals surface area contributed by atoms with Crippen molar-refractivity contribution in [3.63, 3.8) is 0 Å². The zero-order valence-corrected chi connectivity index (χ0v) is 19.9. The van der Waals surface area contributed by atoms with E-state index in [9.17, 15) is 4.79 Å². The van der Waals surface area contributed by atoms with E-state index in [-0.39, 0.29) is 5.91 Å². The molecule has 1 aromatic rings. The summed E-state index contributed by atoms with van der Waals surface area (Å²) in [5.41, 5.74) is 10.4. The third-order valence-corrected chi connectivity index (χ3v) is 5.59. The molecular formula is C26H40N2OS. The van der Waals surface area contributed by atoms with Crippen molar-refractivity contribution in [1.29, 1.82) is 0 Å². The van der Waals surface area contributed by atoms with E-state index >= 15 is 0 Å². The monoisotopic (exact) mass is 428 g/mol. The van der Waals surface area contributed by atoms with Crippen molar-refractivity contribution in [1.82, 2.24) is 5.32 Å². The maximum absolute atomic E-state index is 12.2. The first-order valence-corrected chi connectivity index (χ1v) is 11.6. The van der Waals surface area contributed by atoms with Gasteiger partial charge in [0.25, 0.3) is 5.91 Å². The van der Waals surface area contributed by atoms with Crippen molar-refractivity contribution < 1.29 is 4.79 Å². The van der Waals surface area contributed by atoms with Crippen LogP contribution in [-0.4, -0.2) is 19.0 Å². The Bertz CT molecular complexity index is 734. The number of carbonyl (C=O) groups excluding carboxylic acids is 1. The zero-order chi connectivity index (χ0) is 22.2. The zero-order valence-electron chi connectivity index (χ0n) is 19.0. The summed E-state index contributed by atoms with van der Waals surface area (Å²) in [6, 6.07) is 7.35. The number of carbonyl (C=O) groups is 1. The molecular weight excluding hydrogens is 388 g/mol. The minimum absolute atomic E-state index is 0.0804. The number of nitrogens with two attached hydrogens (primary N) is 1. The lowest BCUT2D eigenvalue weighted by Gasteiger charge is -2.06. The second-order valence-electron chi connectivity index (χ2n) is 8.06. The Morgan fingerprint density at radius 3 is 2.13 bits per heavy atom. The molecule has 0 fully saturated rings. The standard InChI is InChI=1S/C26H40N2OS/c1-21(11-5-4-8-19-27)12-9-13-22(2)14-10-15-23(3)18-20-28-26(29)24-16-6-7-17-25(24)30/h6-7,12,14,16-18,30H,4-5,8-11,13,15,19-20,27H2,1-3H3,(H,28,29). The van der Waals surface area contributed by atoms with Crippen LogP contribution in [-0.2, 0) is 0 Å². The fourth-order valence-electron chi connectivity index (χ4n) is 3.20. The largest absolute Gasteiger partial charge is 0.349 e. The third kappa shape index (κ3) is 12.0. The molecule has 4 heteroatoms. The summed E-state index contributed by atoms with van der Waals surface area (Å²) >= 11 is 4.33. The van der Waals surface area contributed by atoms with Gasteiger partial charge >= 0.3 is 0 Å². The van der Waals surface area contributed by atoms with Crippen molar-refractivity contribution in [2.24, 2.45) is 5.73 Å². The molecule has 166 valence electrons. The molecule has 1 rings (SSSR count). The predicted molar refractivity (Wildman–Crippen MR) is 133 cm³/mol. The maximum Gasteiger partial charge on any atom is 0.252 e. The van der Waals surface area contributed by atoms with Crippen LogP contribution in [0.4, 0.5) is 0 Å². The summed E-state index contributed by atoms with van der Waals surface area (Å²) in [5.74, 6) is -0.0804. The Morgan fingerprint density at radius 1 is 0.900 bits per heavy atom. The summed E-state index contributed by atoms with van der Waals surface area (Å²) in [5, 5.41) is 2.94. The van der Waals surface area contributed by atoms with Crippen molar-refractivity contribution in [2.45, 2.75) is 77.0 Å². The molecule has 0 aliphatic carbocycles. The Labute approximate surface area is 189 Å². The number of thiol groups is 1. The fraction of sp³-hybridized carbons (Fsp3) is 0.500. The highest BCUT2D eigenvalue weighted by molar-refractivity contribution is 7.80. The second kappa shape index (κ2) is 16.0. The first kappa shape index (κ1) is 26.3. The minimum Gasteiger partial charge on any atom is -0.349 e. The molecule has 0 unspecified atom stereocenters. The lowest BCUT2D eigenvalue weighted by atomic mass is 10.0. The molecule has 3 N–H and O–H groups in total. The van der Waals surface area contributed by atoms with Crippen LogP contribution in [0.25, 0.3) is 0 Å². The number of hydrogen-bond acceptors (Lipinski definition) is 3. The maximum atomic E-state index is 12.2. The van der Waals surface area contributed by atoms with E-state index in [1.807, 2.05) is 18.2 Å². The minimum atomic E-state index is -0.0804. The third-order valence-electron chi connectivity index (χ3n) is 5.20. The molecule has 1 amide bonds. The summed E-state index contributed by atoms with van der Waals surface area (Å²) in [7, 11) is 0. The molecule has 0 aliphatic heterocycles. The van der Waals surface area contributed by atoms with Crippen molar-refractivity contribution >= 4 is 18.5 Å². The van der Waals surface area contributed by atoms with Crippen LogP contribution in [0.5, 0.6) is 0 Å². The molecule has 3 nitrogen and oxygen atoms in total. The molecule has 0 radical (unpaired) electrons. The van der Waals surface area contributed by atoms with E-state index in [1.54, 1.807) is 6.07 Å². The highest BCUT2D eigenvalue weighted by Gasteiger charge is 2.06. The van der Waals surface area contributed by atoms with E-state index in [2.05, 4.69) is 56.9 Å². The number of rotatable bonds is 14. The van der Waals surface area contributed by atoms with Crippen LogP contribution < -0.4 is 11.1 Å². The van der Waals surface area contributed by atoms with E-state index < -0.39 is 0 Å². The number of benzene rings is 1. The van der Waals surface area contributed by atoms with Crippen LogP contribution in [0.2, 0.25) is 0 Å². The van der Waals surface area contributed by atoms with Gasteiger partial charge in [0.15, 0.2) is 0 Å². The second-order valence-corrected chi connectivity index (χ2v) is 8.54. The molecule has 0 saturated heterocycles. The highest BCUT2D eigenvalue weighted by Crippen LogP contribution is 2.14. The van der Waals surface area contributed by atoms with E-state index in [0.29, 0.717) is 17.0 Å². The molecule has 0 heterocycles. The molecule has 0 spiro atoms. The Hall–Kier alpha value is -1.78. The van der Waals surface area contributed by atoms with Crippen molar-refractivity contribution in [2.75, 3.05) is 13.1 Å². The highest BCUT2D eigenvalue weighted by atomic mass is 32.1. The van der Waals surface area contributed by atoms with E-state index in [1.165, 1.54) is 36.0 Å². The van der Waals surface area contributed by atoms with E-state index in [4.69, 9.17) is 5.73 Å². The molecule has 0 aromatic heterocycles. The number of unbranched alkanes of at least 4 members (excludes halogenated alkanes) is 2. The molecule has 0 atom stereocenters. The van der Waals surface area contributed by atoms with Gasteiger partial charge in [0.1, 0.15) is 0 Å². The molecule has 1 aromatic carbocycles. The van der Waals surface area contributed by atoms with Crippen LogP contribution in [0.1, 0.15) is 82.5 Å². The van der Waals surface area contributed by atoms with Crippen LogP contribution in [0.3, 0.4) is 0 Å². The van der Waals surface area contributed by atoms with Crippen LogP contribution in [0.15, 0.2) is 64.1 Å².